The lowest BCUT2D eigenvalue weighted by Gasteiger charge is -2.21. The van der Waals surface area contributed by atoms with Crippen LogP contribution in [0.4, 0.5) is 0 Å². The Hall–Kier alpha value is -1.39. The van der Waals surface area contributed by atoms with E-state index >= 15 is 0 Å². The first-order chi connectivity index (χ1) is 39.4. The van der Waals surface area contributed by atoms with Crippen LogP contribution in [0.3, 0.4) is 0 Å². The van der Waals surface area contributed by atoms with Crippen LogP contribution >= 0.6 is 23.5 Å². The van der Waals surface area contributed by atoms with Gasteiger partial charge in [-0.25, -0.2) is 18.5 Å². The van der Waals surface area contributed by atoms with Gasteiger partial charge in [0.1, 0.15) is 18.3 Å². The van der Waals surface area contributed by atoms with Crippen molar-refractivity contribution >= 4 is 23.5 Å². The van der Waals surface area contributed by atoms with Crippen molar-refractivity contribution in [3.05, 3.63) is 27.0 Å². The van der Waals surface area contributed by atoms with Gasteiger partial charge in [-0.2, -0.15) is 8.62 Å². The highest BCUT2D eigenvalue weighted by Crippen LogP contribution is 2.66. The molecule has 1 aliphatic heterocycles. The first kappa shape index (κ1) is 85.8. The van der Waals surface area contributed by atoms with E-state index in [2.05, 4.69) is 116 Å². The first-order valence-corrected chi connectivity index (χ1v) is 36.5. The predicted octanol–water partition coefficient (Wildman–Crippen LogP) is 12.3. The fraction of sp³-hybridized carbons (Fsp3) is 0.931. The summed E-state index contributed by atoms with van der Waals surface area (Å²) >= 11 is 0. The van der Waals surface area contributed by atoms with Gasteiger partial charge in [-0.1, -0.05) is 160 Å². The van der Waals surface area contributed by atoms with E-state index in [0.29, 0.717) is 4.57 Å². The standard InChI is InChI=1S/4C12H27N.C10H17N2O16P3/c4*1-4-7-10-13(11-8-5-2)12-9-6-3;1-24-4-2-12(10(16)11-8(4)15)9-7(14)6(13)5(26-9)3-25-30(20,21)28-31(22,23)27-29(17,18)19/h4*4-12H2,1-3H3;2,5-7,9,13-14H,3H2,1H3,(H,20,21)(H,22,23)(H,11,15,16)(H2,17,18,19)/t;;;;5-,6-,7-,9-/m....1/s1. The summed E-state index contributed by atoms with van der Waals surface area (Å²) < 4.78 is 55.5. The number of methoxy groups -OCH3 is 1. The lowest BCUT2D eigenvalue weighted by Crippen LogP contribution is -2.38. The molecule has 22 nitrogen and oxygen atoms in total. The van der Waals surface area contributed by atoms with Crippen molar-refractivity contribution in [1.82, 2.24) is 29.2 Å². The van der Waals surface area contributed by atoms with Crippen LogP contribution in [0.1, 0.15) is 243 Å². The lowest BCUT2D eigenvalue weighted by molar-refractivity contribution is -0.0544. The Morgan fingerprint density at radius 3 is 0.988 bits per heavy atom. The van der Waals surface area contributed by atoms with Gasteiger partial charge in [0.2, 0.25) is 5.75 Å². The number of hydrogen-bond donors (Lipinski definition) is 7. The SMILES string of the molecule is CCCCN(CCCC)CCCC.CCCCN(CCCC)CCCC.CCCCN(CCCC)CCCC.CCCCN(CCCC)CCCC.COc1cn([C@@H]2O[C@H](COP(=O)(O)OP(=O)(O)OP(=O)(O)O)[C@@H](O)[C@H]2O)c(=O)[nH]c1=O. The summed E-state index contributed by atoms with van der Waals surface area (Å²) in [6.07, 6.45) is 26.3. The fourth-order valence-corrected chi connectivity index (χ4v) is 11.3. The minimum atomic E-state index is -5.75. The van der Waals surface area contributed by atoms with E-state index in [1.54, 1.807) is 0 Å². The molecule has 1 saturated heterocycles. The van der Waals surface area contributed by atoms with E-state index in [4.69, 9.17) is 24.2 Å². The fourth-order valence-electron chi connectivity index (χ4n) is 8.29. The van der Waals surface area contributed by atoms with Gasteiger partial charge in [-0.15, -0.1) is 0 Å². The molecule has 0 aromatic carbocycles. The normalized spacial score (nSPS) is 17.4. The van der Waals surface area contributed by atoms with E-state index in [-0.39, 0.29) is 5.75 Å². The summed E-state index contributed by atoms with van der Waals surface area (Å²) in [7, 11) is -15.7. The van der Waals surface area contributed by atoms with Gasteiger partial charge < -0.3 is 58.9 Å². The molecular formula is C58H125N6O16P3. The van der Waals surface area contributed by atoms with E-state index in [0.717, 1.165) is 13.3 Å². The molecule has 2 unspecified atom stereocenters. The average Bonchev–Trinajstić information content (AvgIpc) is 3.72. The minimum absolute atomic E-state index is 0.346. The van der Waals surface area contributed by atoms with Crippen molar-refractivity contribution in [2.45, 2.75) is 262 Å². The molecule has 0 bridgehead atoms. The Labute approximate surface area is 503 Å². The second-order valence-electron chi connectivity index (χ2n) is 21.4. The van der Waals surface area contributed by atoms with Crippen molar-refractivity contribution in [2.75, 3.05) is 92.3 Å². The van der Waals surface area contributed by atoms with Crippen LogP contribution < -0.4 is 16.0 Å². The Morgan fingerprint density at radius 1 is 0.470 bits per heavy atom. The number of aliphatic hydroxyl groups excluding tert-OH is 2. The largest absolute Gasteiger partial charge is 0.490 e. The molecule has 1 aromatic heterocycles. The molecule has 83 heavy (non-hydrogen) atoms. The molecule has 1 aliphatic rings. The van der Waals surface area contributed by atoms with Gasteiger partial charge in [-0.3, -0.25) is 18.9 Å². The highest BCUT2D eigenvalue weighted by atomic mass is 31.3. The molecule has 0 amide bonds. The lowest BCUT2D eigenvalue weighted by atomic mass is 10.1. The zero-order valence-electron chi connectivity index (χ0n) is 54.4. The molecule has 6 atom stereocenters. The van der Waals surface area contributed by atoms with Crippen molar-refractivity contribution in [1.29, 1.82) is 0 Å². The number of aromatic nitrogens is 2. The zero-order chi connectivity index (χ0) is 63.5. The molecular weight excluding hydrogens is 1130 g/mol. The van der Waals surface area contributed by atoms with Gasteiger partial charge in [0.15, 0.2) is 6.23 Å². The summed E-state index contributed by atoms with van der Waals surface area (Å²) in [5, 5.41) is 20.1. The molecule has 498 valence electrons. The third kappa shape index (κ3) is 47.3. The van der Waals surface area contributed by atoms with Crippen LogP contribution in [0.25, 0.3) is 0 Å². The maximum Gasteiger partial charge on any atom is 0.490 e. The summed E-state index contributed by atoms with van der Waals surface area (Å²) in [6.45, 7) is 42.0. The number of aliphatic hydroxyl groups is 2. The molecule has 2 rings (SSSR count). The summed E-state index contributed by atoms with van der Waals surface area (Å²) in [5.41, 5.74) is -1.95. The Kier molecular flexibility index (Phi) is 56.6. The van der Waals surface area contributed by atoms with E-state index in [9.17, 15) is 38.4 Å². The van der Waals surface area contributed by atoms with Crippen molar-refractivity contribution in [2.24, 2.45) is 0 Å². The van der Waals surface area contributed by atoms with Gasteiger partial charge in [0, 0.05) is 0 Å². The maximum atomic E-state index is 11.9. The molecule has 0 saturated carbocycles. The third-order valence-electron chi connectivity index (χ3n) is 13.5. The topological polar surface area (TPSA) is 287 Å². The number of rotatable bonds is 45. The van der Waals surface area contributed by atoms with E-state index in [1.165, 1.54) is 233 Å². The second-order valence-corrected chi connectivity index (χ2v) is 25.8. The number of phosphoric ester groups is 1. The first-order valence-electron chi connectivity index (χ1n) is 32.0. The number of H-pyrrole nitrogens is 1. The van der Waals surface area contributed by atoms with Crippen molar-refractivity contribution in [3.63, 3.8) is 0 Å². The van der Waals surface area contributed by atoms with E-state index in [1.807, 2.05) is 4.98 Å². The number of hydrogen-bond acceptors (Lipinski definition) is 16. The quantitative estimate of drug-likeness (QED) is 0.0299. The predicted molar refractivity (Wildman–Crippen MR) is 338 cm³/mol. The second kappa shape index (κ2) is 54.7. The van der Waals surface area contributed by atoms with Gasteiger partial charge >= 0.3 is 29.2 Å². The maximum absolute atomic E-state index is 11.9. The van der Waals surface area contributed by atoms with Crippen LogP contribution in [-0.2, 0) is 31.6 Å². The third-order valence-corrected chi connectivity index (χ3v) is 17.3. The molecule has 1 aromatic rings. The molecule has 25 heteroatoms. The Morgan fingerprint density at radius 2 is 0.747 bits per heavy atom. The molecule has 0 spiro atoms. The van der Waals surface area contributed by atoms with Gasteiger partial charge in [0.25, 0.3) is 5.56 Å². The molecule has 0 aliphatic carbocycles. The summed E-state index contributed by atoms with van der Waals surface area (Å²) in [5.74, 6) is -0.346. The Balaban J connectivity index is -0.00000104. The molecule has 1 fully saturated rings. The van der Waals surface area contributed by atoms with Gasteiger partial charge in [-0.05, 0) is 156 Å². The van der Waals surface area contributed by atoms with Crippen molar-refractivity contribution < 1.29 is 66.1 Å². The van der Waals surface area contributed by atoms with Crippen LogP contribution in [-0.4, -0.2) is 170 Å². The van der Waals surface area contributed by atoms with Crippen LogP contribution in [0.5, 0.6) is 5.75 Å². The van der Waals surface area contributed by atoms with Crippen LogP contribution in [0.2, 0.25) is 0 Å². The number of nitrogens with zero attached hydrogens (tertiary/aromatic N) is 5. The highest BCUT2D eigenvalue weighted by molar-refractivity contribution is 7.66. The number of unbranched alkanes of at least 4 members (excludes halogenated alkanes) is 12. The van der Waals surface area contributed by atoms with E-state index < -0.39 is 65.9 Å². The molecule has 0 radical (unpaired) electrons. The van der Waals surface area contributed by atoms with Crippen LogP contribution in [0.15, 0.2) is 15.8 Å². The minimum Gasteiger partial charge on any atom is -0.490 e. The average molecular weight is 1260 g/mol. The number of aromatic amines is 1. The smallest absolute Gasteiger partial charge is 0.490 e. The number of phosphoric acid groups is 3. The zero-order valence-corrected chi connectivity index (χ0v) is 57.1. The number of nitrogens with one attached hydrogen (secondary N) is 1. The monoisotopic (exact) mass is 1250 g/mol. The highest BCUT2D eigenvalue weighted by Gasteiger charge is 2.47. The summed E-state index contributed by atoms with van der Waals surface area (Å²) in [4.78, 5) is 71.3. The van der Waals surface area contributed by atoms with Crippen molar-refractivity contribution in [3.8, 4) is 5.75 Å². The Bertz CT molecular complexity index is 1730. The number of ether oxygens (including phenoxy) is 2. The van der Waals surface area contributed by atoms with Crippen LogP contribution in [0, 0.1) is 0 Å². The van der Waals surface area contributed by atoms with Gasteiger partial charge in [0.05, 0.1) is 19.9 Å². The molecule has 2 heterocycles. The molecule has 7 N–H and O–H groups in total. The summed E-state index contributed by atoms with van der Waals surface area (Å²) in [6, 6.07) is 0.